The average Bonchev–Trinajstić information content (AvgIpc) is 3.14. The summed E-state index contributed by atoms with van der Waals surface area (Å²) in [5.41, 5.74) is 3.40. The molecule has 142 valence electrons. The van der Waals surface area contributed by atoms with E-state index in [9.17, 15) is 0 Å². The van der Waals surface area contributed by atoms with Crippen LogP contribution in [-0.2, 0) is 0 Å². The molecule has 0 spiro atoms. The van der Waals surface area contributed by atoms with Gasteiger partial charge in [-0.3, -0.25) is 4.40 Å². The first-order valence-corrected chi connectivity index (χ1v) is 9.46. The zero-order valence-corrected chi connectivity index (χ0v) is 16.3. The quantitative estimate of drug-likeness (QED) is 0.413. The highest BCUT2D eigenvalue weighted by Gasteiger charge is 2.13. The Morgan fingerprint density at radius 2 is 1.55 bits per heavy atom. The second kappa shape index (κ2) is 7.07. The van der Waals surface area contributed by atoms with Gasteiger partial charge in [0.1, 0.15) is 17.3 Å². The first-order chi connectivity index (χ1) is 14.2. The molecule has 0 saturated heterocycles. The highest BCUT2D eigenvalue weighted by molar-refractivity contribution is 6.30. The molecule has 0 amide bonds. The number of ether oxygens (including phenoxy) is 1. The third-order valence-corrected chi connectivity index (χ3v) is 4.81. The Bertz CT molecular complexity index is 1310. The Balaban J connectivity index is 1.45. The zero-order chi connectivity index (χ0) is 19.8. The number of halogens is 1. The number of nitrogens with zero attached hydrogens (tertiary/aromatic N) is 4. The van der Waals surface area contributed by atoms with E-state index in [-0.39, 0.29) is 0 Å². The van der Waals surface area contributed by atoms with Crippen LogP contribution in [-0.4, -0.2) is 19.6 Å². The normalized spacial score (nSPS) is 11.1. The monoisotopic (exact) mass is 401 g/mol. The van der Waals surface area contributed by atoms with Gasteiger partial charge in [-0.2, -0.15) is 0 Å². The topological polar surface area (TPSA) is 64.3 Å². The minimum absolute atomic E-state index is 0.649. The molecule has 2 heterocycles. The van der Waals surface area contributed by atoms with Gasteiger partial charge in [-0.15, -0.1) is 10.2 Å². The molecule has 0 aliphatic carbocycles. The van der Waals surface area contributed by atoms with Crippen molar-refractivity contribution in [2.24, 2.45) is 0 Å². The minimum Gasteiger partial charge on any atom is -0.457 e. The highest BCUT2D eigenvalue weighted by Crippen LogP contribution is 2.27. The number of hydrogen-bond donors (Lipinski definition) is 1. The summed E-state index contributed by atoms with van der Waals surface area (Å²) in [5, 5.41) is 12.5. The number of nitrogens with one attached hydrogen (secondary N) is 1. The van der Waals surface area contributed by atoms with E-state index in [2.05, 4.69) is 15.5 Å². The second-order valence-electron chi connectivity index (χ2n) is 6.56. The molecule has 7 heteroatoms. The van der Waals surface area contributed by atoms with Crippen LogP contribution in [0.5, 0.6) is 11.5 Å². The number of anilines is 2. The third-order valence-electron chi connectivity index (χ3n) is 4.56. The lowest BCUT2D eigenvalue weighted by atomic mass is 10.2. The van der Waals surface area contributed by atoms with Gasteiger partial charge in [0, 0.05) is 10.7 Å². The summed E-state index contributed by atoms with van der Waals surface area (Å²) in [6.45, 7) is 1.93. The van der Waals surface area contributed by atoms with Gasteiger partial charge in [0.15, 0.2) is 5.82 Å². The Kier molecular flexibility index (Phi) is 4.26. The molecule has 1 N–H and O–H groups in total. The SMILES string of the molecule is Cc1nnc2c(Nc3ccc(Oc4ccc(Cl)cc4)cc3)nc3ccccc3n12. The van der Waals surface area contributed by atoms with Crippen LogP contribution in [0, 0.1) is 6.92 Å². The lowest BCUT2D eigenvalue weighted by molar-refractivity contribution is 0.483. The van der Waals surface area contributed by atoms with Crippen molar-refractivity contribution in [3.63, 3.8) is 0 Å². The molecule has 0 aliphatic heterocycles. The van der Waals surface area contributed by atoms with Crippen LogP contribution >= 0.6 is 11.6 Å². The summed E-state index contributed by atoms with van der Waals surface area (Å²) < 4.78 is 7.84. The van der Waals surface area contributed by atoms with Crippen LogP contribution in [0.25, 0.3) is 16.7 Å². The molecule has 0 atom stereocenters. The van der Waals surface area contributed by atoms with E-state index >= 15 is 0 Å². The number of fused-ring (bicyclic) bond motifs is 3. The van der Waals surface area contributed by atoms with E-state index in [4.69, 9.17) is 21.3 Å². The maximum atomic E-state index is 5.91. The van der Waals surface area contributed by atoms with Crippen LogP contribution in [0.2, 0.25) is 5.02 Å². The average molecular weight is 402 g/mol. The number of benzene rings is 3. The van der Waals surface area contributed by atoms with Crippen molar-refractivity contribution < 1.29 is 4.74 Å². The molecule has 0 aliphatic rings. The van der Waals surface area contributed by atoms with Crippen LogP contribution in [0.15, 0.2) is 72.8 Å². The predicted octanol–water partition coefficient (Wildman–Crippen LogP) is 5.78. The number of para-hydroxylation sites is 2. The highest BCUT2D eigenvalue weighted by atomic mass is 35.5. The van der Waals surface area contributed by atoms with E-state index in [1.807, 2.05) is 72.0 Å². The summed E-state index contributed by atoms with van der Waals surface area (Å²) in [6, 6.07) is 22.8. The molecule has 0 unspecified atom stereocenters. The van der Waals surface area contributed by atoms with Crippen molar-refractivity contribution in [1.82, 2.24) is 19.6 Å². The molecular formula is C22H16ClN5O. The fraction of sp³-hybridized carbons (Fsp3) is 0.0455. The second-order valence-corrected chi connectivity index (χ2v) is 7.00. The lowest BCUT2D eigenvalue weighted by Crippen LogP contribution is -2.01. The van der Waals surface area contributed by atoms with Gasteiger partial charge in [0.2, 0.25) is 5.65 Å². The summed E-state index contributed by atoms with van der Waals surface area (Å²) in [5.74, 6) is 2.92. The van der Waals surface area contributed by atoms with Gasteiger partial charge in [-0.25, -0.2) is 4.98 Å². The number of rotatable bonds is 4. The molecular weight excluding hydrogens is 386 g/mol. The fourth-order valence-electron chi connectivity index (χ4n) is 3.19. The smallest absolute Gasteiger partial charge is 0.204 e. The van der Waals surface area contributed by atoms with Gasteiger partial charge < -0.3 is 10.1 Å². The predicted molar refractivity (Wildman–Crippen MR) is 114 cm³/mol. The number of hydrogen-bond acceptors (Lipinski definition) is 5. The summed E-state index contributed by atoms with van der Waals surface area (Å²) in [7, 11) is 0. The van der Waals surface area contributed by atoms with Crippen LogP contribution < -0.4 is 10.1 Å². The zero-order valence-electron chi connectivity index (χ0n) is 15.5. The fourth-order valence-corrected chi connectivity index (χ4v) is 3.31. The molecule has 5 rings (SSSR count). The van der Waals surface area contributed by atoms with Crippen LogP contribution in [0.1, 0.15) is 5.82 Å². The van der Waals surface area contributed by atoms with Gasteiger partial charge in [-0.05, 0) is 67.6 Å². The lowest BCUT2D eigenvalue weighted by Gasteiger charge is -2.11. The summed E-state index contributed by atoms with van der Waals surface area (Å²) >= 11 is 5.91. The molecule has 3 aromatic carbocycles. The van der Waals surface area contributed by atoms with Gasteiger partial charge in [0.05, 0.1) is 11.0 Å². The largest absolute Gasteiger partial charge is 0.457 e. The molecule has 0 fully saturated rings. The Labute approximate surface area is 171 Å². The van der Waals surface area contributed by atoms with Crippen LogP contribution in [0.4, 0.5) is 11.5 Å². The maximum absolute atomic E-state index is 5.91. The van der Waals surface area contributed by atoms with Crippen molar-refractivity contribution in [3.8, 4) is 11.5 Å². The van der Waals surface area contributed by atoms with Gasteiger partial charge >= 0.3 is 0 Å². The molecule has 0 radical (unpaired) electrons. The Hall–Kier alpha value is -3.64. The van der Waals surface area contributed by atoms with Crippen LogP contribution in [0.3, 0.4) is 0 Å². The molecule has 29 heavy (non-hydrogen) atoms. The van der Waals surface area contributed by atoms with Crippen molar-refractivity contribution in [2.45, 2.75) is 6.92 Å². The molecule has 2 aromatic heterocycles. The minimum atomic E-state index is 0.649. The van der Waals surface area contributed by atoms with Crippen molar-refractivity contribution >= 4 is 39.8 Å². The first-order valence-electron chi connectivity index (χ1n) is 9.08. The Morgan fingerprint density at radius 3 is 2.31 bits per heavy atom. The van der Waals surface area contributed by atoms with Crippen molar-refractivity contribution in [3.05, 3.63) is 83.6 Å². The molecule has 5 aromatic rings. The third kappa shape index (κ3) is 3.34. The van der Waals surface area contributed by atoms with E-state index in [0.717, 1.165) is 34.0 Å². The van der Waals surface area contributed by atoms with E-state index in [0.29, 0.717) is 16.5 Å². The van der Waals surface area contributed by atoms with E-state index in [1.54, 1.807) is 12.1 Å². The van der Waals surface area contributed by atoms with Crippen molar-refractivity contribution in [2.75, 3.05) is 5.32 Å². The van der Waals surface area contributed by atoms with Crippen molar-refractivity contribution in [1.29, 1.82) is 0 Å². The summed E-state index contributed by atoms with van der Waals surface area (Å²) in [4.78, 5) is 4.73. The standard InChI is InChI=1S/C22H16ClN5O/c1-14-26-27-22-21(25-19-4-2-3-5-20(19)28(14)22)24-16-8-12-18(13-9-16)29-17-10-6-15(23)7-11-17/h2-13H,1H3,(H,24,25). The molecule has 6 nitrogen and oxygen atoms in total. The van der Waals surface area contributed by atoms with Gasteiger partial charge in [0.25, 0.3) is 0 Å². The maximum Gasteiger partial charge on any atom is 0.204 e. The van der Waals surface area contributed by atoms with Gasteiger partial charge in [-0.1, -0.05) is 23.7 Å². The van der Waals surface area contributed by atoms with E-state index in [1.165, 1.54) is 0 Å². The van der Waals surface area contributed by atoms with E-state index < -0.39 is 0 Å². The number of aryl methyl sites for hydroxylation is 1. The molecule has 0 saturated carbocycles. The Morgan fingerprint density at radius 1 is 0.862 bits per heavy atom. The number of aromatic nitrogens is 4. The summed E-state index contributed by atoms with van der Waals surface area (Å²) in [6.07, 6.45) is 0. The first kappa shape index (κ1) is 17.5. The molecule has 0 bridgehead atoms.